The number of rotatable bonds is 2. The van der Waals surface area contributed by atoms with Crippen molar-refractivity contribution in [3.05, 3.63) is 21.9 Å². The molecule has 0 saturated heterocycles. The summed E-state index contributed by atoms with van der Waals surface area (Å²) < 4.78 is 0. The predicted molar refractivity (Wildman–Crippen MR) is 67.2 cm³/mol. The van der Waals surface area contributed by atoms with Crippen molar-refractivity contribution in [2.24, 2.45) is 11.7 Å². The van der Waals surface area contributed by atoms with Gasteiger partial charge in [-0.2, -0.15) is 0 Å². The number of thiophene rings is 1. The molecule has 0 aliphatic heterocycles. The van der Waals surface area contributed by atoms with Gasteiger partial charge in [-0.3, -0.25) is 0 Å². The standard InChI is InChI=1S/C13H21NS/c1-3-11-4-6-13(14,7-5-11)12-8-10(2)15-9-12/h8-9,11H,3-7,14H2,1-2H3. The molecular weight excluding hydrogens is 202 g/mol. The van der Waals surface area contributed by atoms with Crippen LogP contribution >= 0.6 is 11.3 Å². The van der Waals surface area contributed by atoms with Crippen LogP contribution in [0.1, 0.15) is 49.5 Å². The molecule has 1 aromatic heterocycles. The predicted octanol–water partition coefficient (Wildman–Crippen LogP) is 3.81. The first-order valence-electron chi connectivity index (χ1n) is 5.98. The van der Waals surface area contributed by atoms with Crippen molar-refractivity contribution in [1.29, 1.82) is 0 Å². The van der Waals surface area contributed by atoms with Crippen LogP contribution in [0, 0.1) is 12.8 Å². The van der Waals surface area contributed by atoms with Gasteiger partial charge in [0.15, 0.2) is 0 Å². The molecule has 1 aliphatic carbocycles. The van der Waals surface area contributed by atoms with Gasteiger partial charge in [0.25, 0.3) is 0 Å². The smallest absolute Gasteiger partial charge is 0.0418 e. The second-order valence-corrected chi connectivity index (χ2v) is 6.07. The van der Waals surface area contributed by atoms with E-state index in [4.69, 9.17) is 5.73 Å². The second-order valence-electron chi connectivity index (χ2n) is 4.95. The Morgan fingerprint density at radius 3 is 2.60 bits per heavy atom. The Labute approximate surface area is 96.7 Å². The highest BCUT2D eigenvalue weighted by Crippen LogP contribution is 2.39. The van der Waals surface area contributed by atoms with Gasteiger partial charge < -0.3 is 5.73 Å². The summed E-state index contributed by atoms with van der Waals surface area (Å²) in [6.45, 7) is 4.46. The van der Waals surface area contributed by atoms with Crippen molar-refractivity contribution >= 4 is 11.3 Å². The molecule has 1 heterocycles. The fraction of sp³-hybridized carbons (Fsp3) is 0.692. The summed E-state index contributed by atoms with van der Waals surface area (Å²) in [7, 11) is 0. The molecule has 0 amide bonds. The van der Waals surface area contributed by atoms with Crippen molar-refractivity contribution in [1.82, 2.24) is 0 Å². The molecule has 15 heavy (non-hydrogen) atoms. The van der Waals surface area contributed by atoms with Crippen LogP contribution in [-0.4, -0.2) is 0 Å². The van der Waals surface area contributed by atoms with Crippen molar-refractivity contribution < 1.29 is 0 Å². The first-order valence-corrected chi connectivity index (χ1v) is 6.86. The molecule has 2 N–H and O–H groups in total. The monoisotopic (exact) mass is 223 g/mol. The Balaban J connectivity index is 2.09. The van der Waals surface area contributed by atoms with Crippen molar-refractivity contribution in [2.75, 3.05) is 0 Å². The normalized spacial score (nSPS) is 31.8. The molecule has 0 radical (unpaired) electrons. The van der Waals surface area contributed by atoms with Gasteiger partial charge in [0.2, 0.25) is 0 Å². The Kier molecular flexibility index (Phi) is 3.17. The van der Waals surface area contributed by atoms with Gasteiger partial charge >= 0.3 is 0 Å². The van der Waals surface area contributed by atoms with Crippen LogP contribution in [0.25, 0.3) is 0 Å². The molecule has 1 aliphatic rings. The van der Waals surface area contributed by atoms with Crippen LogP contribution in [0.3, 0.4) is 0 Å². The summed E-state index contributed by atoms with van der Waals surface area (Å²) in [6, 6.07) is 2.27. The van der Waals surface area contributed by atoms with Crippen molar-refractivity contribution in [3.8, 4) is 0 Å². The van der Waals surface area contributed by atoms with Gasteiger partial charge in [0, 0.05) is 10.4 Å². The van der Waals surface area contributed by atoms with Gasteiger partial charge in [-0.15, -0.1) is 11.3 Å². The summed E-state index contributed by atoms with van der Waals surface area (Å²) in [4.78, 5) is 1.38. The first kappa shape index (κ1) is 11.2. The van der Waals surface area contributed by atoms with Gasteiger partial charge in [-0.05, 0) is 55.5 Å². The lowest BCUT2D eigenvalue weighted by Gasteiger charge is -2.36. The quantitative estimate of drug-likeness (QED) is 0.810. The van der Waals surface area contributed by atoms with E-state index in [1.807, 2.05) is 11.3 Å². The molecule has 0 unspecified atom stereocenters. The fourth-order valence-corrected chi connectivity index (χ4v) is 3.40. The fourth-order valence-electron chi connectivity index (χ4n) is 2.59. The Hall–Kier alpha value is -0.340. The van der Waals surface area contributed by atoms with Gasteiger partial charge in [0.05, 0.1) is 0 Å². The van der Waals surface area contributed by atoms with E-state index in [0.717, 1.165) is 5.92 Å². The van der Waals surface area contributed by atoms with Crippen molar-refractivity contribution in [2.45, 2.75) is 51.5 Å². The molecular formula is C13H21NS. The summed E-state index contributed by atoms with van der Waals surface area (Å²) in [6.07, 6.45) is 6.27. The topological polar surface area (TPSA) is 26.0 Å². The zero-order valence-electron chi connectivity index (χ0n) is 9.75. The molecule has 84 valence electrons. The summed E-state index contributed by atoms with van der Waals surface area (Å²) in [5, 5.41) is 2.25. The Morgan fingerprint density at radius 2 is 2.13 bits per heavy atom. The van der Waals surface area contributed by atoms with E-state index in [1.165, 1.54) is 42.5 Å². The van der Waals surface area contributed by atoms with Crippen molar-refractivity contribution in [3.63, 3.8) is 0 Å². The SMILES string of the molecule is CCC1CCC(N)(c2csc(C)c2)CC1. The minimum absolute atomic E-state index is 0.0174. The van der Waals surface area contributed by atoms with E-state index in [2.05, 4.69) is 25.3 Å². The summed E-state index contributed by atoms with van der Waals surface area (Å²) in [5.41, 5.74) is 7.87. The van der Waals surface area contributed by atoms with Gasteiger partial charge in [-0.1, -0.05) is 13.3 Å². The third-order valence-corrected chi connectivity index (χ3v) is 4.74. The maximum atomic E-state index is 6.52. The zero-order valence-corrected chi connectivity index (χ0v) is 10.6. The lowest BCUT2D eigenvalue weighted by Crippen LogP contribution is -2.40. The molecule has 0 bridgehead atoms. The van der Waals surface area contributed by atoms with E-state index in [1.54, 1.807) is 0 Å². The van der Waals surface area contributed by atoms with E-state index >= 15 is 0 Å². The van der Waals surface area contributed by atoms with Gasteiger partial charge in [0.1, 0.15) is 0 Å². The summed E-state index contributed by atoms with van der Waals surface area (Å²) >= 11 is 1.82. The number of hydrogen-bond acceptors (Lipinski definition) is 2. The molecule has 0 spiro atoms. The number of aryl methyl sites for hydroxylation is 1. The molecule has 1 aromatic rings. The van der Waals surface area contributed by atoms with Crippen LogP contribution in [0.2, 0.25) is 0 Å². The minimum Gasteiger partial charge on any atom is -0.321 e. The molecule has 0 atom stereocenters. The Bertz CT molecular complexity index is 321. The van der Waals surface area contributed by atoms with Crippen LogP contribution in [-0.2, 0) is 5.54 Å². The molecule has 2 heteroatoms. The zero-order chi connectivity index (χ0) is 10.9. The Morgan fingerprint density at radius 1 is 1.47 bits per heavy atom. The summed E-state index contributed by atoms with van der Waals surface area (Å²) in [5.74, 6) is 0.918. The number of nitrogens with two attached hydrogens (primary N) is 1. The first-order chi connectivity index (χ1) is 7.14. The maximum Gasteiger partial charge on any atom is 0.0418 e. The molecule has 2 rings (SSSR count). The molecule has 1 fully saturated rings. The lowest BCUT2D eigenvalue weighted by molar-refractivity contribution is 0.232. The van der Waals surface area contributed by atoms with E-state index in [0.29, 0.717) is 0 Å². The molecule has 1 saturated carbocycles. The largest absolute Gasteiger partial charge is 0.321 e. The molecule has 0 aromatic carbocycles. The highest BCUT2D eigenvalue weighted by atomic mass is 32.1. The second kappa shape index (κ2) is 4.26. The van der Waals surface area contributed by atoms with Crippen LogP contribution in [0.15, 0.2) is 11.4 Å². The third-order valence-electron chi connectivity index (χ3n) is 3.88. The molecule has 1 nitrogen and oxygen atoms in total. The van der Waals surface area contributed by atoms with Crippen LogP contribution in [0.4, 0.5) is 0 Å². The maximum absolute atomic E-state index is 6.52. The van der Waals surface area contributed by atoms with E-state index in [-0.39, 0.29) is 5.54 Å². The average Bonchev–Trinajstić information content (AvgIpc) is 2.67. The highest BCUT2D eigenvalue weighted by Gasteiger charge is 2.33. The minimum atomic E-state index is -0.0174. The highest BCUT2D eigenvalue weighted by molar-refractivity contribution is 7.10. The van der Waals surface area contributed by atoms with E-state index in [9.17, 15) is 0 Å². The average molecular weight is 223 g/mol. The van der Waals surface area contributed by atoms with Gasteiger partial charge in [-0.25, -0.2) is 0 Å². The number of hydrogen-bond donors (Lipinski definition) is 1. The lowest BCUT2D eigenvalue weighted by atomic mass is 9.73. The van der Waals surface area contributed by atoms with Crippen LogP contribution < -0.4 is 5.73 Å². The van der Waals surface area contributed by atoms with Crippen LogP contribution in [0.5, 0.6) is 0 Å². The third kappa shape index (κ3) is 2.26. The van der Waals surface area contributed by atoms with E-state index < -0.39 is 0 Å².